The summed E-state index contributed by atoms with van der Waals surface area (Å²) >= 11 is 0. The Morgan fingerprint density at radius 1 is 0.800 bits per heavy atom. The average molecular weight is 305 g/mol. The van der Waals surface area contributed by atoms with E-state index in [4.69, 9.17) is 9.05 Å². The SMILES string of the molecule is CCCCCCCC(CCCCCCC)O[P+](=O)OC. The largest absolute Gasteiger partial charge is 0.697 e. The Labute approximate surface area is 126 Å². The van der Waals surface area contributed by atoms with Crippen LogP contribution in [-0.4, -0.2) is 13.2 Å². The van der Waals surface area contributed by atoms with Crippen molar-refractivity contribution >= 4 is 8.25 Å². The number of hydrogen-bond donors (Lipinski definition) is 0. The molecule has 0 spiro atoms. The van der Waals surface area contributed by atoms with E-state index in [1.807, 2.05) is 0 Å². The standard InChI is InChI=1S/C16H34O3P/c1-4-6-8-10-12-14-16(19-20(17)18-3)15-13-11-9-7-5-2/h16H,4-15H2,1-3H3/q+1. The highest BCUT2D eigenvalue weighted by Gasteiger charge is 2.24. The highest BCUT2D eigenvalue weighted by Crippen LogP contribution is 2.29. The van der Waals surface area contributed by atoms with Crippen molar-refractivity contribution < 1.29 is 13.6 Å². The molecule has 120 valence electrons. The van der Waals surface area contributed by atoms with Crippen LogP contribution in [0.4, 0.5) is 0 Å². The van der Waals surface area contributed by atoms with Crippen LogP contribution in [0.3, 0.4) is 0 Å². The van der Waals surface area contributed by atoms with Gasteiger partial charge in [0.1, 0.15) is 6.10 Å². The number of rotatable bonds is 15. The molecule has 4 heteroatoms. The van der Waals surface area contributed by atoms with Crippen LogP contribution in [0.25, 0.3) is 0 Å². The Morgan fingerprint density at radius 3 is 1.65 bits per heavy atom. The molecule has 1 atom stereocenters. The zero-order valence-electron chi connectivity index (χ0n) is 13.7. The van der Waals surface area contributed by atoms with E-state index in [1.165, 1.54) is 71.3 Å². The van der Waals surface area contributed by atoms with Gasteiger partial charge in [-0.2, -0.15) is 0 Å². The van der Waals surface area contributed by atoms with Crippen LogP contribution in [0.1, 0.15) is 90.9 Å². The minimum absolute atomic E-state index is 0.113. The summed E-state index contributed by atoms with van der Waals surface area (Å²) in [5.74, 6) is 0. The van der Waals surface area contributed by atoms with Gasteiger partial charge in [-0.3, -0.25) is 0 Å². The fourth-order valence-corrected chi connectivity index (χ4v) is 2.91. The lowest BCUT2D eigenvalue weighted by Gasteiger charge is -2.10. The molecule has 0 aliphatic heterocycles. The molecule has 0 amide bonds. The molecule has 0 aliphatic rings. The van der Waals surface area contributed by atoms with E-state index in [0.29, 0.717) is 0 Å². The Balaban J connectivity index is 3.79. The highest BCUT2D eigenvalue weighted by molar-refractivity contribution is 7.33. The zero-order valence-corrected chi connectivity index (χ0v) is 14.6. The fraction of sp³-hybridized carbons (Fsp3) is 1.00. The summed E-state index contributed by atoms with van der Waals surface area (Å²) in [5.41, 5.74) is 0. The molecule has 0 fully saturated rings. The van der Waals surface area contributed by atoms with Crippen LogP contribution in [0.2, 0.25) is 0 Å². The van der Waals surface area contributed by atoms with Crippen LogP contribution >= 0.6 is 8.25 Å². The minimum Gasteiger partial charge on any atom is -0.122 e. The first-order valence-corrected chi connectivity index (χ1v) is 9.52. The molecular formula is C16H34O3P+. The molecule has 0 aromatic rings. The van der Waals surface area contributed by atoms with Gasteiger partial charge in [0.05, 0.1) is 7.11 Å². The molecule has 20 heavy (non-hydrogen) atoms. The maximum atomic E-state index is 11.4. The van der Waals surface area contributed by atoms with Crippen molar-refractivity contribution in [2.75, 3.05) is 7.11 Å². The maximum Gasteiger partial charge on any atom is 0.697 e. The summed E-state index contributed by atoms with van der Waals surface area (Å²) in [6.45, 7) is 4.46. The van der Waals surface area contributed by atoms with Gasteiger partial charge in [-0.1, -0.05) is 78.1 Å². The first-order chi connectivity index (χ1) is 9.74. The molecule has 1 unspecified atom stereocenters. The normalized spacial score (nSPS) is 12.1. The Bertz CT molecular complexity index is 208. The Morgan fingerprint density at radius 2 is 1.25 bits per heavy atom. The third-order valence-electron chi connectivity index (χ3n) is 3.64. The first-order valence-electron chi connectivity index (χ1n) is 8.42. The van der Waals surface area contributed by atoms with Gasteiger partial charge in [0.2, 0.25) is 0 Å². The summed E-state index contributed by atoms with van der Waals surface area (Å²) in [6, 6.07) is 0. The van der Waals surface area contributed by atoms with Crippen LogP contribution in [0.15, 0.2) is 0 Å². The quantitative estimate of drug-likeness (QED) is 0.259. The van der Waals surface area contributed by atoms with Gasteiger partial charge in [0.25, 0.3) is 0 Å². The molecule has 0 aromatic carbocycles. The van der Waals surface area contributed by atoms with Crippen LogP contribution in [0, 0.1) is 0 Å². The van der Waals surface area contributed by atoms with Crippen molar-refractivity contribution in [3.05, 3.63) is 0 Å². The van der Waals surface area contributed by atoms with Crippen molar-refractivity contribution in [2.24, 2.45) is 0 Å². The lowest BCUT2D eigenvalue weighted by Crippen LogP contribution is -2.09. The molecular weight excluding hydrogens is 271 g/mol. The van der Waals surface area contributed by atoms with Crippen LogP contribution < -0.4 is 0 Å². The van der Waals surface area contributed by atoms with Crippen LogP contribution in [-0.2, 0) is 13.6 Å². The van der Waals surface area contributed by atoms with E-state index in [0.717, 1.165) is 12.8 Å². The predicted octanol–water partition coefficient (Wildman–Crippen LogP) is 6.40. The summed E-state index contributed by atoms with van der Waals surface area (Å²) in [6.07, 6.45) is 14.8. The molecule has 0 rings (SSSR count). The van der Waals surface area contributed by atoms with Gasteiger partial charge in [-0.25, -0.2) is 0 Å². The molecule has 0 radical (unpaired) electrons. The summed E-state index contributed by atoms with van der Waals surface area (Å²) < 4.78 is 21.7. The molecule has 0 aromatic heterocycles. The zero-order chi connectivity index (χ0) is 15.1. The van der Waals surface area contributed by atoms with E-state index in [2.05, 4.69) is 13.8 Å². The van der Waals surface area contributed by atoms with E-state index in [9.17, 15) is 4.57 Å². The van der Waals surface area contributed by atoms with Crippen molar-refractivity contribution in [1.29, 1.82) is 0 Å². The summed E-state index contributed by atoms with van der Waals surface area (Å²) in [4.78, 5) is 0. The van der Waals surface area contributed by atoms with Gasteiger partial charge in [-0.15, -0.1) is 9.05 Å². The highest BCUT2D eigenvalue weighted by atomic mass is 31.1. The number of unbranched alkanes of at least 4 members (excludes halogenated alkanes) is 8. The van der Waals surface area contributed by atoms with Crippen molar-refractivity contribution in [3.63, 3.8) is 0 Å². The second-order valence-corrected chi connectivity index (χ2v) is 6.56. The van der Waals surface area contributed by atoms with Gasteiger partial charge in [0, 0.05) is 4.57 Å². The lowest BCUT2D eigenvalue weighted by atomic mass is 10.0. The molecule has 0 aliphatic carbocycles. The van der Waals surface area contributed by atoms with E-state index in [-0.39, 0.29) is 6.10 Å². The van der Waals surface area contributed by atoms with E-state index >= 15 is 0 Å². The average Bonchev–Trinajstić information content (AvgIpc) is 2.46. The van der Waals surface area contributed by atoms with E-state index < -0.39 is 8.25 Å². The molecule has 0 heterocycles. The van der Waals surface area contributed by atoms with Gasteiger partial charge in [0.15, 0.2) is 0 Å². The smallest absolute Gasteiger partial charge is 0.122 e. The Hall–Kier alpha value is 0.0200. The minimum atomic E-state index is -1.92. The van der Waals surface area contributed by atoms with Crippen molar-refractivity contribution in [1.82, 2.24) is 0 Å². The van der Waals surface area contributed by atoms with Gasteiger partial charge in [-0.05, 0) is 12.8 Å². The predicted molar refractivity (Wildman–Crippen MR) is 86.2 cm³/mol. The first kappa shape index (κ1) is 20.0. The monoisotopic (exact) mass is 305 g/mol. The lowest BCUT2D eigenvalue weighted by molar-refractivity contribution is 0.154. The number of hydrogen-bond acceptors (Lipinski definition) is 3. The third kappa shape index (κ3) is 13.0. The van der Waals surface area contributed by atoms with Crippen LogP contribution in [0.5, 0.6) is 0 Å². The molecule has 0 saturated carbocycles. The van der Waals surface area contributed by atoms with Gasteiger partial charge < -0.3 is 0 Å². The molecule has 0 saturated heterocycles. The third-order valence-corrected chi connectivity index (χ3v) is 4.41. The van der Waals surface area contributed by atoms with E-state index in [1.54, 1.807) is 0 Å². The van der Waals surface area contributed by atoms with Crippen molar-refractivity contribution in [3.8, 4) is 0 Å². The second-order valence-electron chi connectivity index (χ2n) is 5.54. The molecule has 0 bridgehead atoms. The fourth-order valence-electron chi connectivity index (χ4n) is 2.37. The maximum absolute atomic E-state index is 11.4. The molecule has 3 nitrogen and oxygen atoms in total. The van der Waals surface area contributed by atoms with Gasteiger partial charge >= 0.3 is 8.25 Å². The summed E-state index contributed by atoms with van der Waals surface area (Å²) in [5, 5.41) is 0. The second kappa shape index (κ2) is 15.4. The Kier molecular flexibility index (Phi) is 15.4. The topological polar surface area (TPSA) is 35.5 Å². The molecule has 0 N–H and O–H groups in total. The summed E-state index contributed by atoms with van der Waals surface area (Å²) in [7, 11) is -0.480. The van der Waals surface area contributed by atoms with Crippen molar-refractivity contribution in [2.45, 2.75) is 97.0 Å².